The van der Waals surface area contributed by atoms with Crippen LogP contribution in [0.2, 0.25) is 0 Å². The predicted molar refractivity (Wildman–Crippen MR) is 85.8 cm³/mol. The third kappa shape index (κ3) is 1.17. The fraction of sp³-hybridized carbons (Fsp3) is 1.00. The molecule has 0 amide bonds. The van der Waals surface area contributed by atoms with E-state index in [1.807, 2.05) is 0 Å². The Kier molecular flexibility index (Phi) is 2.26. The zero-order chi connectivity index (χ0) is 15.9. The summed E-state index contributed by atoms with van der Waals surface area (Å²) in [5.41, 5.74) is -0.00751. The van der Waals surface area contributed by atoms with E-state index in [0.717, 1.165) is 12.3 Å². The topological polar surface area (TPSA) is 42.0 Å². The average Bonchev–Trinajstić information content (AvgIpc) is 3.13. The molecule has 2 heterocycles. The molecule has 4 unspecified atom stereocenters. The summed E-state index contributed by atoms with van der Waals surface area (Å²) >= 11 is 0. The summed E-state index contributed by atoms with van der Waals surface area (Å²) in [4.78, 5) is 0. The zero-order valence-electron chi connectivity index (χ0n) is 14.8. The first-order valence-corrected chi connectivity index (χ1v) is 9.89. The lowest BCUT2D eigenvalue weighted by Gasteiger charge is -2.80. The van der Waals surface area contributed by atoms with Gasteiger partial charge in [-0.05, 0) is 55.8 Å². The van der Waals surface area contributed by atoms with E-state index in [-0.39, 0.29) is 5.41 Å². The largest absolute Gasteiger partial charge is 0.390 e. The van der Waals surface area contributed by atoms with Gasteiger partial charge in [-0.1, -0.05) is 20.8 Å². The second kappa shape index (κ2) is 3.68. The van der Waals surface area contributed by atoms with Crippen LogP contribution in [0.15, 0.2) is 0 Å². The number of rotatable bonds is 1. The van der Waals surface area contributed by atoms with Crippen molar-refractivity contribution in [3.8, 4) is 0 Å². The molecule has 3 heteroatoms. The maximum Gasteiger partial charge on any atom is 0.0912 e. The van der Waals surface area contributed by atoms with Crippen LogP contribution in [-0.4, -0.2) is 35.1 Å². The van der Waals surface area contributed by atoms with Gasteiger partial charge in [-0.2, -0.15) is 0 Å². The van der Waals surface area contributed by atoms with E-state index in [2.05, 4.69) is 27.7 Å². The van der Waals surface area contributed by atoms with Crippen molar-refractivity contribution in [1.82, 2.24) is 0 Å². The van der Waals surface area contributed by atoms with Crippen LogP contribution in [0.3, 0.4) is 0 Å². The van der Waals surface area contributed by atoms with E-state index in [4.69, 9.17) is 9.47 Å². The van der Waals surface area contributed by atoms with Gasteiger partial charge < -0.3 is 14.6 Å². The molecule has 6 aliphatic rings. The molecule has 0 aromatic rings. The van der Waals surface area contributed by atoms with Crippen LogP contribution < -0.4 is 0 Å². The van der Waals surface area contributed by atoms with Crippen molar-refractivity contribution in [3.05, 3.63) is 0 Å². The Morgan fingerprint density at radius 1 is 1.09 bits per heavy atom. The number of hydrogen-bond acceptors (Lipinski definition) is 3. The summed E-state index contributed by atoms with van der Waals surface area (Å²) in [6.45, 7) is 9.19. The molecule has 2 saturated heterocycles. The first-order chi connectivity index (χ1) is 10.9. The zero-order valence-corrected chi connectivity index (χ0v) is 14.8. The van der Waals surface area contributed by atoms with Crippen LogP contribution in [0.4, 0.5) is 0 Å². The van der Waals surface area contributed by atoms with Crippen molar-refractivity contribution in [2.45, 2.75) is 83.4 Å². The molecule has 128 valence electrons. The highest BCUT2D eigenvalue weighted by molar-refractivity contribution is 5.37. The SMILES string of the molecule is CC(C)[C@@H]1[C@@H]2O[C@@H]2[C@@]23CC4CCC5O[C@@H](C[C@](C)(O)C2[C@@H]1C)C453. The smallest absolute Gasteiger partial charge is 0.0912 e. The van der Waals surface area contributed by atoms with Gasteiger partial charge in [0.25, 0.3) is 0 Å². The average molecular weight is 318 g/mol. The highest BCUT2D eigenvalue weighted by atomic mass is 16.6. The van der Waals surface area contributed by atoms with E-state index < -0.39 is 5.60 Å². The number of fused-ring (bicyclic) bond motifs is 1. The minimum absolute atomic E-state index is 0.221. The number of hydrogen-bond donors (Lipinski definition) is 1. The van der Waals surface area contributed by atoms with Gasteiger partial charge in [-0.3, -0.25) is 0 Å². The number of ether oxygens (including phenoxy) is 2. The summed E-state index contributed by atoms with van der Waals surface area (Å²) in [6.07, 6.45) is 6.36. The van der Waals surface area contributed by atoms with Crippen molar-refractivity contribution in [3.63, 3.8) is 0 Å². The van der Waals surface area contributed by atoms with E-state index in [9.17, 15) is 5.11 Å². The molecular formula is C20H30O3. The molecule has 0 aromatic carbocycles. The highest BCUT2D eigenvalue weighted by Crippen LogP contribution is 2.86. The molecule has 11 atom stereocenters. The van der Waals surface area contributed by atoms with Crippen molar-refractivity contribution in [2.24, 2.45) is 40.4 Å². The Balaban J connectivity index is 1.53. The lowest BCUT2D eigenvalue weighted by molar-refractivity contribution is -0.418. The Morgan fingerprint density at radius 3 is 2.57 bits per heavy atom. The highest BCUT2D eigenvalue weighted by Gasteiger charge is 2.90. The van der Waals surface area contributed by atoms with Crippen LogP contribution in [0.25, 0.3) is 0 Å². The molecule has 0 bridgehead atoms. The third-order valence-electron chi connectivity index (χ3n) is 9.38. The van der Waals surface area contributed by atoms with Crippen LogP contribution >= 0.6 is 0 Å². The molecule has 6 rings (SSSR count). The van der Waals surface area contributed by atoms with Crippen LogP contribution in [0, 0.1) is 40.4 Å². The molecule has 3 nitrogen and oxygen atoms in total. The summed E-state index contributed by atoms with van der Waals surface area (Å²) in [5, 5.41) is 11.5. The molecule has 4 aliphatic carbocycles. The van der Waals surface area contributed by atoms with E-state index in [1.54, 1.807) is 0 Å². The van der Waals surface area contributed by atoms with Gasteiger partial charge in [0.2, 0.25) is 0 Å². The van der Waals surface area contributed by atoms with E-state index >= 15 is 0 Å². The van der Waals surface area contributed by atoms with Crippen molar-refractivity contribution in [2.75, 3.05) is 0 Å². The first-order valence-electron chi connectivity index (χ1n) is 9.89. The summed E-state index contributed by atoms with van der Waals surface area (Å²) in [7, 11) is 0. The van der Waals surface area contributed by atoms with Crippen molar-refractivity contribution in [1.29, 1.82) is 0 Å². The fourth-order valence-corrected chi connectivity index (χ4v) is 9.27. The Hall–Kier alpha value is -0.120. The summed E-state index contributed by atoms with van der Waals surface area (Å²) < 4.78 is 12.7. The summed E-state index contributed by atoms with van der Waals surface area (Å²) in [5.74, 6) is 3.03. The second-order valence-corrected chi connectivity index (χ2v) is 10.3. The van der Waals surface area contributed by atoms with Crippen molar-refractivity contribution >= 4 is 0 Å². The summed E-state index contributed by atoms with van der Waals surface area (Å²) in [6, 6.07) is 0. The number of epoxide rings is 1. The Morgan fingerprint density at radius 2 is 1.87 bits per heavy atom. The van der Waals surface area contributed by atoms with Crippen LogP contribution in [0.5, 0.6) is 0 Å². The molecule has 1 N–H and O–H groups in total. The fourth-order valence-electron chi connectivity index (χ4n) is 9.27. The second-order valence-electron chi connectivity index (χ2n) is 10.3. The van der Waals surface area contributed by atoms with Gasteiger partial charge in [0.1, 0.15) is 0 Å². The lowest BCUT2D eigenvalue weighted by Crippen LogP contribution is -2.84. The molecule has 0 aromatic heterocycles. The predicted octanol–water partition coefficient (Wildman–Crippen LogP) is 3.00. The molecule has 2 spiro atoms. The van der Waals surface area contributed by atoms with Gasteiger partial charge >= 0.3 is 0 Å². The van der Waals surface area contributed by atoms with E-state index in [1.165, 1.54) is 19.3 Å². The quantitative estimate of drug-likeness (QED) is 0.756. The molecule has 23 heavy (non-hydrogen) atoms. The van der Waals surface area contributed by atoms with Gasteiger partial charge in [-0.15, -0.1) is 0 Å². The van der Waals surface area contributed by atoms with Crippen LogP contribution in [0.1, 0.15) is 53.4 Å². The molecule has 0 radical (unpaired) electrons. The Bertz CT molecular complexity index is 577. The van der Waals surface area contributed by atoms with Gasteiger partial charge in [0.05, 0.1) is 30.0 Å². The monoisotopic (exact) mass is 318 g/mol. The standard InChI is InChI=1S/C20H30O3/c1-9(2)14-10(3)16-18(4,21)8-13-20-11(5-6-12(20)22-13)7-19(16,20)17-15(14)23-17/h9-17,21H,5-8H2,1-4H3/t10-,11?,12?,13+,14+,15+,16?,17+,18+,19-,20?/m1/s1. The van der Waals surface area contributed by atoms with Gasteiger partial charge in [0.15, 0.2) is 0 Å². The minimum Gasteiger partial charge on any atom is -0.390 e. The third-order valence-corrected chi connectivity index (χ3v) is 9.38. The first kappa shape index (κ1) is 14.1. The van der Waals surface area contributed by atoms with Crippen molar-refractivity contribution < 1.29 is 14.6 Å². The Labute approximate surface area is 139 Å². The van der Waals surface area contributed by atoms with Gasteiger partial charge in [0, 0.05) is 17.3 Å². The molecule has 2 aliphatic heterocycles. The van der Waals surface area contributed by atoms with E-state index in [0.29, 0.717) is 53.5 Å². The van der Waals surface area contributed by atoms with Crippen LogP contribution in [-0.2, 0) is 9.47 Å². The normalized spacial score (nSPS) is 70.7. The molecule has 4 saturated carbocycles. The molecule has 6 fully saturated rings. The minimum atomic E-state index is -0.599. The number of aliphatic hydroxyl groups is 1. The molecular weight excluding hydrogens is 288 g/mol. The lowest BCUT2D eigenvalue weighted by atomic mass is 9.28. The van der Waals surface area contributed by atoms with Gasteiger partial charge in [-0.25, -0.2) is 0 Å². The maximum absolute atomic E-state index is 11.5. The maximum atomic E-state index is 11.5.